The zero-order valence-electron chi connectivity index (χ0n) is 10.3. The van der Waals surface area contributed by atoms with Crippen LogP contribution in [0.25, 0.3) is 0 Å². The van der Waals surface area contributed by atoms with Crippen LogP contribution in [0.2, 0.25) is 0 Å². The number of halogens is 3. The van der Waals surface area contributed by atoms with Gasteiger partial charge in [0.25, 0.3) is 0 Å². The van der Waals surface area contributed by atoms with Crippen molar-refractivity contribution in [3.63, 3.8) is 0 Å². The van der Waals surface area contributed by atoms with Gasteiger partial charge in [-0.1, -0.05) is 24.3 Å². The summed E-state index contributed by atoms with van der Waals surface area (Å²) in [5.74, 6) is 3.26. The van der Waals surface area contributed by atoms with Crippen LogP contribution in [0.15, 0.2) is 36.4 Å². The van der Waals surface area contributed by atoms with E-state index in [2.05, 4.69) is 5.43 Å². The first kappa shape index (κ1) is 13.6. The van der Waals surface area contributed by atoms with Crippen LogP contribution in [0.1, 0.15) is 22.7 Å². The Bertz CT molecular complexity index is 579. The molecule has 0 heterocycles. The summed E-state index contributed by atoms with van der Waals surface area (Å²) in [5, 5.41) is 0. The quantitative estimate of drug-likeness (QED) is 0.662. The molecule has 3 N–H and O–H groups in total. The molecule has 2 nitrogen and oxygen atoms in total. The minimum absolute atomic E-state index is 0.103. The van der Waals surface area contributed by atoms with Gasteiger partial charge in [0.15, 0.2) is 0 Å². The maximum atomic E-state index is 14.0. The van der Waals surface area contributed by atoms with E-state index in [1.807, 2.05) is 0 Å². The van der Waals surface area contributed by atoms with E-state index in [1.165, 1.54) is 12.1 Å². The Morgan fingerprint density at radius 1 is 1.00 bits per heavy atom. The molecule has 0 radical (unpaired) electrons. The van der Waals surface area contributed by atoms with Crippen molar-refractivity contribution in [3.8, 4) is 0 Å². The molecule has 0 saturated heterocycles. The van der Waals surface area contributed by atoms with E-state index >= 15 is 0 Å². The highest BCUT2D eigenvalue weighted by Crippen LogP contribution is 2.28. The molecule has 5 heteroatoms. The second-order valence-corrected chi connectivity index (χ2v) is 4.21. The Balaban J connectivity index is 2.60. The van der Waals surface area contributed by atoms with Crippen LogP contribution < -0.4 is 11.3 Å². The van der Waals surface area contributed by atoms with E-state index in [-0.39, 0.29) is 11.1 Å². The second kappa shape index (κ2) is 5.42. The van der Waals surface area contributed by atoms with Crippen molar-refractivity contribution in [2.75, 3.05) is 0 Å². The fraction of sp³-hybridized carbons (Fsp3) is 0.143. The monoisotopic (exact) mass is 266 g/mol. The average molecular weight is 266 g/mol. The molecule has 2 rings (SSSR count). The van der Waals surface area contributed by atoms with E-state index in [1.54, 1.807) is 19.1 Å². The third-order valence-corrected chi connectivity index (χ3v) is 2.99. The molecular weight excluding hydrogens is 253 g/mol. The van der Waals surface area contributed by atoms with Gasteiger partial charge in [-0.25, -0.2) is 18.6 Å². The van der Waals surface area contributed by atoms with E-state index in [4.69, 9.17) is 5.84 Å². The predicted molar refractivity (Wildman–Crippen MR) is 66.7 cm³/mol. The van der Waals surface area contributed by atoms with Crippen LogP contribution in [0.5, 0.6) is 0 Å². The molecule has 100 valence electrons. The van der Waals surface area contributed by atoms with Gasteiger partial charge < -0.3 is 0 Å². The van der Waals surface area contributed by atoms with Gasteiger partial charge in [-0.3, -0.25) is 5.84 Å². The molecule has 0 bridgehead atoms. The van der Waals surface area contributed by atoms with Crippen molar-refractivity contribution in [1.29, 1.82) is 0 Å². The van der Waals surface area contributed by atoms with Crippen molar-refractivity contribution >= 4 is 0 Å². The van der Waals surface area contributed by atoms with Gasteiger partial charge in [0, 0.05) is 11.1 Å². The Morgan fingerprint density at radius 2 is 1.58 bits per heavy atom. The fourth-order valence-electron chi connectivity index (χ4n) is 2.01. The molecule has 0 aromatic heterocycles. The van der Waals surface area contributed by atoms with Crippen molar-refractivity contribution in [3.05, 3.63) is 70.5 Å². The smallest absolute Gasteiger partial charge is 0.131 e. The fourth-order valence-corrected chi connectivity index (χ4v) is 2.01. The largest absolute Gasteiger partial charge is 0.271 e. The van der Waals surface area contributed by atoms with E-state index in [0.29, 0.717) is 5.56 Å². The summed E-state index contributed by atoms with van der Waals surface area (Å²) in [6, 6.07) is 7.00. The highest BCUT2D eigenvalue weighted by molar-refractivity contribution is 5.36. The number of hydrogen-bond acceptors (Lipinski definition) is 2. The summed E-state index contributed by atoms with van der Waals surface area (Å²) >= 11 is 0. The number of aryl methyl sites for hydroxylation is 1. The summed E-state index contributed by atoms with van der Waals surface area (Å²) in [6.07, 6.45) is 0. The zero-order chi connectivity index (χ0) is 14.0. The van der Waals surface area contributed by atoms with Gasteiger partial charge in [-0.05, 0) is 24.6 Å². The summed E-state index contributed by atoms with van der Waals surface area (Å²) < 4.78 is 41.5. The first-order chi connectivity index (χ1) is 9.06. The normalized spacial score (nSPS) is 12.5. The average Bonchev–Trinajstić information content (AvgIpc) is 2.38. The van der Waals surface area contributed by atoms with Crippen LogP contribution in [-0.4, -0.2) is 0 Å². The molecule has 0 spiro atoms. The molecule has 1 atom stereocenters. The molecule has 0 fully saturated rings. The summed E-state index contributed by atoms with van der Waals surface area (Å²) in [7, 11) is 0. The summed E-state index contributed by atoms with van der Waals surface area (Å²) in [6.45, 7) is 1.57. The van der Waals surface area contributed by atoms with Crippen molar-refractivity contribution in [1.82, 2.24) is 5.43 Å². The molecule has 2 aromatic carbocycles. The third-order valence-electron chi connectivity index (χ3n) is 2.99. The number of hydrogen-bond donors (Lipinski definition) is 2. The van der Waals surface area contributed by atoms with E-state index in [0.717, 1.165) is 12.1 Å². The van der Waals surface area contributed by atoms with Crippen LogP contribution >= 0.6 is 0 Å². The molecule has 19 heavy (non-hydrogen) atoms. The van der Waals surface area contributed by atoms with Gasteiger partial charge >= 0.3 is 0 Å². The first-order valence-corrected chi connectivity index (χ1v) is 5.71. The number of nitrogens with two attached hydrogens (primary N) is 1. The molecule has 1 unspecified atom stereocenters. The van der Waals surface area contributed by atoms with Crippen LogP contribution in [0.4, 0.5) is 13.2 Å². The zero-order valence-corrected chi connectivity index (χ0v) is 10.3. The molecule has 0 aliphatic carbocycles. The van der Waals surface area contributed by atoms with Gasteiger partial charge in [0.05, 0.1) is 6.04 Å². The SMILES string of the molecule is Cc1cccc(C(NN)c2c(F)cccc2F)c1F. The van der Waals surface area contributed by atoms with Crippen LogP contribution in [0.3, 0.4) is 0 Å². The lowest BCUT2D eigenvalue weighted by atomic mass is 9.96. The van der Waals surface area contributed by atoms with Gasteiger partial charge in [-0.15, -0.1) is 0 Å². The predicted octanol–water partition coefficient (Wildman–Crippen LogP) is 2.97. The van der Waals surface area contributed by atoms with E-state index < -0.39 is 23.5 Å². The minimum atomic E-state index is -1.08. The molecular formula is C14H13F3N2. The lowest BCUT2D eigenvalue weighted by Gasteiger charge is -2.19. The number of benzene rings is 2. The maximum absolute atomic E-state index is 14.0. The Labute approximate surface area is 109 Å². The third kappa shape index (κ3) is 2.47. The summed E-state index contributed by atoms with van der Waals surface area (Å²) in [4.78, 5) is 0. The Kier molecular flexibility index (Phi) is 3.87. The number of rotatable bonds is 3. The van der Waals surface area contributed by atoms with Gasteiger partial charge in [0.2, 0.25) is 0 Å². The molecule has 0 aliphatic rings. The van der Waals surface area contributed by atoms with Crippen molar-refractivity contribution in [2.45, 2.75) is 13.0 Å². The molecule has 2 aromatic rings. The second-order valence-electron chi connectivity index (χ2n) is 4.21. The standard InChI is InChI=1S/C14H13F3N2/c1-8-4-2-5-9(13(8)17)14(19-18)12-10(15)6-3-7-11(12)16/h2-7,14,19H,18H2,1H3. The van der Waals surface area contributed by atoms with Crippen LogP contribution in [-0.2, 0) is 0 Å². The Hall–Kier alpha value is -1.85. The lowest BCUT2D eigenvalue weighted by Crippen LogP contribution is -2.31. The van der Waals surface area contributed by atoms with Gasteiger partial charge in [-0.2, -0.15) is 0 Å². The highest BCUT2D eigenvalue weighted by atomic mass is 19.1. The highest BCUT2D eigenvalue weighted by Gasteiger charge is 2.23. The maximum Gasteiger partial charge on any atom is 0.131 e. The minimum Gasteiger partial charge on any atom is -0.271 e. The Morgan fingerprint density at radius 3 is 2.16 bits per heavy atom. The molecule has 0 amide bonds. The van der Waals surface area contributed by atoms with E-state index in [9.17, 15) is 13.2 Å². The molecule has 0 saturated carbocycles. The topological polar surface area (TPSA) is 38.0 Å². The van der Waals surface area contributed by atoms with Gasteiger partial charge in [0.1, 0.15) is 17.5 Å². The number of nitrogens with one attached hydrogen (secondary N) is 1. The lowest BCUT2D eigenvalue weighted by molar-refractivity contribution is 0.494. The number of hydrazine groups is 1. The first-order valence-electron chi connectivity index (χ1n) is 5.71. The summed E-state index contributed by atoms with van der Waals surface area (Å²) in [5.41, 5.74) is 2.45. The van der Waals surface area contributed by atoms with Crippen molar-refractivity contribution < 1.29 is 13.2 Å². The molecule has 0 aliphatic heterocycles. The van der Waals surface area contributed by atoms with Crippen molar-refractivity contribution in [2.24, 2.45) is 5.84 Å². The van der Waals surface area contributed by atoms with Crippen LogP contribution in [0, 0.1) is 24.4 Å².